The van der Waals surface area contributed by atoms with Crippen LogP contribution in [-0.2, 0) is 4.79 Å². The number of amides is 2. The molecule has 0 saturated carbocycles. The van der Waals surface area contributed by atoms with Gasteiger partial charge < -0.3 is 15.1 Å². The van der Waals surface area contributed by atoms with Gasteiger partial charge in [-0.05, 0) is 12.1 Å². The standard InChI is InChI=1S/C13H12N2O4/c1-14-11(16)7-15-12(17)9-6-8-4-2-3-5-10(8)19-13(9)18/h2-6H,7H2,1H3,(H,14,16)(H,15,17). The number of benzene rings is 1. The molecule has 2 rings (SSSR count). The molecule has 0 aliphatic rings. The molecule has 1 aromatic heterocycles. The van der Waals surface area contributed by atoms with Crippen molar-refractivity contribution in [2.45, 2.75) is 0 Å². The fourth-order valence-electron chi connectivity index (χ4n) is 1.56. The van der Waals surface area contributed by atoms with E-state index in [1.165, 1.54) is 13.1 Å². The average Bonchev–Trinajstić information content (AvgIpc) is 2.43. The second-order valence-corrected chi connectivity index (χ2v) is 3.84. The van der Waals surface area contributed by atoms with Crippen LogP contribution in [0.2, 0.25) is 0 Å². The van der Waals surface area contributed by atoms with Crippen molar-refractivity contribution in [1.29, 1.82) is 0 Å². The van der Waals surface area contributed by atoms with Gasteiger partial charge in [-0.1, -0.05) is 18.2 Å². The maximum atomic E-state index is 11.8. The summed E-state index contributed by atoms with van der Waals surface area (Å²) in [5.41, 5.74) is -0.439. The molecule has 0 fully saturated rings. The maximum Gasteiger partial charge on any atom is 0.349 e. The minimum absolute atomic E-state index is 0.123. The first kappa shape index (κ1) is 12.8. The highest BCUT2D eigenvalue weighted by molar-refractivity contribution is 5.98. The highest BCUT2D eigenvalue weighted by Gasteiger charge is 2.13. The molecule has 0 bridgehead atoms. The molecule has 98 valence electrons. The molecule has 2 amide bonds. The van der Waals surface area contributed by atoms with Gasteiger partial charge in [0.15, 0.2) is 0 Å². The number of carbonyl (C=O) groups is 2. The third-order valence-corrected chi connectivity index (χ3v) is 2.57. The number of hydrogen-bond acceptors (Lipinski definition) is 4. The smallest absolute Gasteiger partial charge is 0.349 e. The minimum Gasteiger partial charge on any atom is -0.422 e. The number of likely N-dealkylation sites (N-methyl/N-ethyl adjacent to an activating group) is 1. The van der Waals surface area contributed by atoms with Gasteiger partial charge in [0, 0.05) is 12.4 Å². The van der Waals surface area contributed by atoms with Gasteiger partial charge in [0.2, 0.25) is 5.91 Å². The third-order valence-electron chi connectivity index (χ3n) is 2.57. The molecule has 0 aliphatic heterocycles. The first-order chi connectivity index (χ1) is 9.11. The van der Waals surface area contributed by atoms with Gasteiger partial charge in [-0.2, -0.15) is 0 Å². The van der Waals surface area contributed by atoms with Crippen molar-refractivity contribution in [3.63, 3.8) is 0 Å². The quantitative estimate of drug-likeness (QED) is 0.775. The molecule has 0 spiro atoms. The topological polar surface area (TPSA) is 88.4 Å². The number of hydrogen-bond donors (Lipinski definition) is 2. The van der Waals surface area contributed by atoms with E-state index >= 15 is 0 Å². The van der Waals surface area contributed by atoms with E-state index in [2.05, 4.69) is 10.6 Å². The summed E-state index contributed by atoms with van der Waals surface area (Å²) in [4.78, 5) is 34.5. The van der Waals surface area contributed by atoms with Crippen molar-refractivity contribution in [2.24, 2.45) is 0 Å². The average molecular weight is 260 g/mol. The molecule has 0 atom stereocenters. The highest BCUT2D eigenvalue weighted by atomic mass is 16.4. The minimum atomic E-state index is -0.729. The molecule has 1 aromatic carbocycles. The van der Waals surface area contributed by atoms with E-state index in [0.29, 0.717) is 11.0 Å². The van der Waals surface area contributed by atoms with Crippen LogP contribution >= 0.6 is 0 Å². The fraction of sp³-hybridized carbons (Fsp3) is 0.154. The van der Waals surface area contributed by atoms with Crippen LogP contribution in [0.25, 0.3) is 11.0 Å². The Morgan fingerprint density at radius 3 is 2.74 bits per heavy atom. The van der Waals surface area contributed by atoms with Gasteiger partial charge in [0.25, 0.3) is 5.91 Å². The molecule has 6 nitrogen and oxygen atoms in total. The van der Waals surface area contributed by atoms with E-state index in [9.17, 15) is 14.4 Å². The summed E-state index contributed by atoms with van der Waals surface area (Å²) in [6.45, 7) is -0.193. The lowest BCUT2D eigenvalue weighted by Gasteiger charge is -2.04. The van der Waals surface area contributed by atoms with Crippen LogP contribution in [0.1, 0.15) is 10.4 Å². The monoisotopic (exact) mass is 260 g/mol. The van der Waals surface area contributed by atoms with Crippen molar-refractivity contribution in [1.82, 2.24) is 10.6 Å². The third kappa shape index (κ3) is 2.79. The number of nitrogens with one attached hydrogen (secondary N) is 2. The second-order valence-electron chi connectivity index (χ2n) is 3.84. The summed E-state index contributed by atoms with van der Waals surface area (Å²) in [7, 11) is 1.46. The highest BCUT2D eigenvalue weighted by Crippen LogP contribution is 2.12. The summed E-state index contributed by atoms with van der Waals surface area (Å²) < 4.78 is 5.03. The number of rotatable bonds is 3. The van der Waals surface area contributed by atoms with Crippen molar-refractivity contribution in [2.75, 3.05) is 13.6 Å². The fourth-order valence-corrected chi connectivity index (χ4v) is 1.56. The van der Waals surface area contributed by atoms with E-state index in [0.717, 1.165) is 0 Å². The SMILES string of the molecule is CNC(=O)CNC(=O)c1cc2ccccc2oc1=O. The molecular weight excluding hydrogens is 248 g/mol. The summed E-state index contributed by atoms with van der Waals surface area (Å²) in [6.07, 6.45) is 0. The van der Waals surface area contributed by atoms with Gasteiger partial charge in [0.1, 0.15) is 11.1 Å². The first-order valence-corrected chi connectivity index (χ1v) is 5.63. The molecule has 6 heteroatoms. The van der Waals surface area contributed by atoms with Crippen LogP contribution in [0.15, 0.2) is 39.5 Å². The van der Waals surface area contributed by atoms with Crippen molar-refractivity contribution < 1.29 is 14.0 Å². The zero-order valence-corrected chi connectivity index (χ0v) is 10.2. The Hall–Kier alpha value is -2.63. The first-order valence-electron chi connectivity index (χ1n) is 5.63. The van der Waals surface area contributed by atoms with Crippen LogP contribution in [0.3, 0.4) is 0 Å². The summed E-state index contributed by atoms with van der Waals surface area (Å²) >= 11 is 0. The zero-order valence-electron chi connectivity index (χ0n) is 10.2. The lowest BCUT2D eigenvalue weighted by Crippen LogP contribution is -2.36. The molecule has 0 aliphatic carbocycles. The van der Waals surface area contributed by atoms with Crippen LogP contribution in [0, 0.1) is 0 Å². The predicted octanol–water partition coefficient (Wildman–Crippen LogP) is 0.269. The van der Waals surface area contributed by atoms with Crippen molar-refractivity contribution >= 4 is 22.8 Å². The van der Waals surface area contributed by atoms with E-state index in [-0.39, 0.29) is 18.0 Å². The van der Waals surface area contributed by atoms with Crippen LogP contribution in [0.4, 0.5) is 0 Å². The Bertz CT molecular complexity index is 690. The van der Waals surface area contributed by atoms with Crippen LogP contribution in [0.5, 0.6) is 0 Å². The van der Waals surface area contributed by atoms with Crippen molar-refractivity contribution in [3.05, 3.63) is 46.3 Å². The normalized spacial score (nSPS) is 10.2. The molecule has 2 aromatic rings. The molecule has 0 radical (unpaired) electrons. The van der Waals surface area contributed by atoms with Gasteiger partial charge in [-0.3, -0.25) is 9.59 Å². The predicted molar refractivity (Wildman–Crippen MR) is 68.9 cm³/mol. The Morgan fingerprint density at radius 2 is 2.00 bits per heavy atom. The van der Waals surface area contributed by atoms with Gasteiger partial charge in [0.05, 0.1) is 6.54 Å². The maximum absolute atomic E-state index is 11.8. The van der Waals surface area contributed by atoms with Gasteiger partial charge >= 0.3 is 5.63 Å². The van der Waals surface area contributed by atoms with Crippen LogP contribution < -0.4 is 16.3 Å². The Balaban J connectivity index is 2.29. The number of carbonyl (C=O) groups excluding carboxylic acids is 2. The Labute approximate surface area is 108 Å². The summed E-state index contributed by atoms with van der Waals surface area (Å²) in [5.74, 6) is -0.985. The lowest BCUT2D eigenvalue weighted by atomic mass is 10.2. The van der Waals surface area contributed by atoms with Gasteiger partial charge in [-0.25, -0.2) is 4.79 Å². The molecule has 0 unspecified atom stereocenters. The van der Waals surface area contributed by atoms with E-state index < -0.39 is 11.5 Å². The Morgan fingerprint density at radius 1 is 1.26 bits per heavy atom. The lowest BCUT2D eigenvalue weighted by molar-refractivity contribution is -0.119. The molecular formula is C13H12N2O4. The van der Waals surface area contributed by atoms with E-state index in [1.807, 2.05) is 0 Å². The molecule has 1 heterocycles. The number of para-hydroxylation sites is 1. The van der Waals surface area contributed by atoms with Gasteiger partial charge in [-0.15, -0.1) is 0 Å². The second kappa shape index (κ2) is 5.34. The van der Waals surface area contributed by atoms with Crippen LogP contribution in [-0.4, -0.2) is 25.4 Å². The summed E-state index contributed by atoms with van der Waals surface area (Å²) in [6, 6.07) is 8.32. The van der Waals surface area contributed by atoms with Crippen molar-refractivity contribution in [3.8, 4) is 0 Å². The van der Waals surface area contributed by atoms with E-state index in [1.54, 1.807) is 24.3 Å². The largest absolute Gasteiger partial charge is 0.422 e. The Kier molecular flexibility index (Phi) is 3.61. The summed E-state index contributed by atoms with van der Waals surface area (Å²) in [5, 5.41) is 5.35. The van der Waals surface area contributed by atoms with E-state index in [4.69, 9.17) is 4.42 Å². The molecule has 0 saturated heterocycles. The molecule has 2 N–H and O–H groups in total. The number of fused-ring (bicyclic) bond motifs is 1. The molecule has 19 heavy (non-hydrogen) atoms. The zero-order chi connectivity index (χ0) is 13.8.